The Kier molecular flexibility index (Phi) is 3.17. The number of halogens is 1. The standard InChI is InChI=1S/C10H12ClN5/c1-7-8(3-12-2)4-13-10(15-7)16-6-9(11)5-14-16/h4-6,12H,3H2,1-2H3. The molecule has 0 aliphatic heterocycles. The molecule has 0 bridgehead atoms. The first kappa shape index (κ1) is 11.0. The maximum atomic E-state index is 5.78. The normalized spacial score (nSPS) is 10.7. The molecule has 0 saturated heterocycles. The molecule has 0 unspecified atom stereocenters. The van der Waals surface area contributed by atoms with E-state index in [0.29, 0.717) is 11.0 Å². The zero-order chi connectivity index (χ0) is 11.5. The molecule has 2 aromatic rings. The van der Waals surface area contributed by atoms with Gasteiger partial charge in [-0.05, 0) is 14.0 Å². The van der Waals surface area contributed by atoms with Crippen LogP contribution in [0, 0.1) is 6.92 Å². The van der Waals surface area contributed by atoms with Gasteiger partial charge in [-0.1, -0.05) is 11.6 Å². The molecule has 5 nitrogen and oxygen atoms in total. The van der Waals surface area contributed by atoms with Gasteiger partial charge in [0, 0.05) is 24.0 Å². The minimum absolute atomic E-state index is 0.532. The van der Waals surface area contributed by atoms with Crippen LogP contribution >= 0.6 is 11.6 Å². The van der Waals surface area contributed by atoms with E-state index in [1.54, 1.807) is 23.3 Å². The van der Waals surface area contributed by atoms with Gasteiger partial charge in [0.1, 0.15) is 0 Å². The lowest BCUT2D eigenvalue weighted by Gasteiger charge is -2.05. The summed E-state index contributed by atoms with van der Waals surface area (Å²) in [6, 6.07) is 0. The molecule has 2 aromatic heterocycles. The molecule has 0 spiro atoms. The summed E-state index contributed by atoms with van der Waals surface area (Å²) in [6.07, 6.45) is 5.03. The van der Waals surface area contributed by atoms with E-state index in [4.69, 9.17) is 11.6 Å². The molecular formula is C10H12ClN5. The molecule has 2 heterocycles. The van der Waals surface area contributed by atoms with E-state index in [0.717, 1.165) is 17.8 Å². The maximum absolute atomic E-state index is 5.78. The highest BCUT2D eigenvalue weighted by Crippen LogP contribution is 2.10. The number of nitrogens with one attached hydrogen (secondary N) is 1. The van der Waals surface area contributed by atoms with E-state index in [2.05, 4.69) is 20.4 Å². The van der Waals surface area contributed by atoms with Crippen LogP contribution in [0.15, 0.2) is 18.6 Å². The molecule has 0 fully saturated rings. The van der Waals surface area contributed by atoms with E-state index in [1.165, 1.54) is 0 Å². The largest absolute Gasteiger partial charge is 0.316 e. The summed E-state index contributed by atoms with van der Waals surface area (Å²) in [5.74, 6) is 0.532. The maximum Gasteiger partial charge on any atom is 0.250 e. The summed E-state index contributed by atoms with van der Waals surface area (Å²) in [4.78, 5) is 8.60. The van der Waals surface area contributed by atoms with E-state index < -0.39 is 0 Å². The van der Waals surface area contributed by atoms with Crippen LogP contribution < -0.4 is 5.32 Å². The summed E-state index contributed by atoms with van der Waals surface area (Å²) >= 11 is 5.78. The molecule has 16 heavy (non-hydrogen) atoms. The Hall–Kier alpha value is -1.46. The minimum atomic E-state index is 0.532. The first-order valence-electron chi connectivity index (χ1n) is 4.88. The van der Waals surface area contributed by atoms with Gasteiger partial charge in [-0.25, -0.2) is 14.6 Å². The summed E-state index contributed by atoms with van der Waals surface area (Å²) in [5.41, 5.74) is 2.01. The second kappa shape index (κ2) is 4.59. The first-order chi connectivity index (χ1) is 7.70. The molecule has 0 radical (unpaired) electrons. The van der Waals surface area contributed by atoms with Crippen molar-refractivity contribution in [2.45, 2.75) is 13.5 Å². The van der Waals surface area contributed by atoms with Gasteiger partial charge in [-0.2, -0.15) is 5.10 Å². The van der Waals surface area contributed by atoms with Crippen molar-refractivity contribution in [2.75, 3.05) is 7.05 Å². The van der Waals surface area contributed by atoms with Gasteiger partial charge in [-0.3, -0.25) is 0 Å². The van der Waals surface area contributed by atoms with E-state index in [1.807, 2.05) is 14.0 Å². The van der Waals surface area contributed by atoms with Crippen molar-refractivity contribution in [2.24, 2.45) is 0 Å². The SMILES string of the molecule is CNCc1cnc(-n2cc(Cl)cn2)nc1C. The van der Waals surface area contributed by atoms with Crippen LogP contribution in [0.1, 0.15) is 11.3 Å². The Morgan fingerprint density at radius 2 is 2.25 bits per heavy atom. The third-order valence-electron chi connectivity index (χ3n) is 2.19. The van der Waals surface area contributed by atoms with Crippen molar-refractivity contribution in [1.82, 2.24) is 25.1 Å². The highest BCUT2D eigenvalue weighted by atomic mass is 35.5. The summed E-state index contributed by atoms with van der Waals surface area (Å²) < 4.78 is 1.55. The zero-order valence-corrected chi connectivity index (χ0v) is 9.86. The molecule has 0 aliphatic carbocycles. The minimum Gasteiger partial charge on any atom is -0.316 e. The fraction of sp³-hybridized carbons (Fsp3) is 0.300. The van der Waals surface area contributed by atoms with Crippen molar-refractivity contribution in [3.8, 4) is 5.95 Å². The lowest BCUT2D eigenvalue weighted by molar-refractivity contribution is 0.763. The number of rotatable bonds is 3. The van der Waals surface area contributed by atoms with Crippen molar-refractivity contribution in [3.05, 3.63) is 34.9 Å². The quantitative estimate of drug-likeness (QED) is 0.876. The summed E-state index contributed by atoms with van der Waals surface area (Å²) in [7, 11) is 1.89. The summed E-state index contributed by atoms with van der Waals surface area (Å²) in [5, 5.41) is 7.68. The van der Waals surface area contributed by atoms with Crippen molar-refractivity contribution in [1.29, 1.82) is 0 Å². The molecule has 84 valence electrons. The lowest BCUT2D eigenvalue weighted by atomic mass is 10.2. The van der Waals surface area contributed by atoms with Crippen LogP contribution in [0.5, 0.6) is 0 Å². The van der Waals surface area contributed by atoms with Crippen molar-refractivity contribution in [3.63, 3.8) is 0 Å². The van der Waals surface area contributed by atoms with E-state index in [-0.39, 0.29) is 0 Å². The zero-order valence-electron chi connectivity index (χ0n) is 9.11. The molecule has 0 aromatic carbocycles. The monoisotopic (exact) mass is 237 g/mol. The third-order valence-corrected chi connectivity index (χ3v) is 2.39. The molecule has 0 aliphatic rings. The molecule has 0 amide bonds. The van der Waals surface area contributed by atoms with Crippen LogP contribution in [0.25, 0.3) is 5.95 Å². The number of hydrogen-bond donors (Lipinski definition) is 1. The second-order valence-corrected chi connectivity index (χ2v) is 3.85. The predicted octanol–water partition coefficient (Wildman–Crippen LogP) is 1.34. The van der Waals surface area contributed by atoms with Crippen molar-refractivity contribution < 1.29 is 0 Å². The molecule has 0 atom stereocenters. The van der Waals surface area contributed by atoms with Gasteiger partial charge < -0.3 is 5.32 Å². The molecular weight excluding hydrogens is 226 g/mol. The van der Waals surface area contributed by atoms with E-state index >= 15 is 0 Å². The second-order valence-electron chi connectivity index (χ2n) is 3.41. The van der Waals surface area contributed by atoms with Crippen LogP contribution in [0.3, 0.4) is 0 Å². The van der Waals surface area contributed by atoms with Gasteiger partial charge in [0.25, 0.3) is 5.95 Å². The Balaban J connectivity index is 2.34. The average molecular weight is 238 g/mol. The van der Waals surface area contributed by atoms with Crippen LogP contribution in [-0.2, 0) is 6.54 Å². The molecule has 2 rings (SSSR count). The molecule has 6 heteroatoms. The van der Waals surface area contributed by atoms with Crippen LogP contribution in [0.4, 0.5) is 0 Å². The van der Waals surface area contributed by atoms with Gasteiger partial charge in [0.15, 0.2) is 0 Å². The number of aryl methyl sites for hydroxylation is 1. The average Bonchev–Trinajstić information content (AvgIpc) is 2.68. The molecule has 0 saturated carbocycles. The van der Waals surface area contributed by atoms with Gasteiger partial charge in [0.05, 0.1) is 17.4 Å². The first-order valence-corrected chi connectivity index (χ1v) is 5.26. The number of nitrogens with zero attached hydrogens (tertiary/aromatic N) is 4. The van der Waals surface area contributed by atoms with Crippen molar-refractivity contribution >= 4 is 11.6 Å². The Bertz CT molecular complexity index is 494. The Morgan fingerprint density at radius 1 is 1.44 bits per heavy atom. The van der Waals surface area contributed by atoms with Gasteiger partial charge in [-0.15, -0.1) is 0 Å². The summed E-state index contributed by atoms with van der Waals surface area (Å²) in [6.45, 7) is 2.70. The number of aromatic nitrogens is 4. The molecule has 1 N–H and O–H groups in total. The Morgan fingerprint density at radius 3 is 2.81 bits per heavy atom. The third kappa shape index (κ3) is 2.20. The Labute approximate surface area is 98.5 Å². The van der Waals surface area contributed by atoms with Crippen LogP contribution in [0.2, 0.25) is 5.02 Å². The topological polar surface area (TPSA) is 55.6 Å². The predicted molar refractivity (Wildman–Crippen MR) is 61.7 cm³/mol. The fourth-order valence-corrected chi connectivity index (χ4v) is 1.50. The van der Waals surface area contributed by atoms with E-state index in [9.17, 15) is 0 Å². The number of hydrogen-bond acceptors (Lipinski definition) is 4. The highest BCUT2D eigenvalue weighted by Gasteiger charge is 2.05. The van der Waals surface area contributed by atoms with Crippen LogP contribution in [-0.4, -0.2) is 26.8 Å². The highest BCUT2D eigenvalue weighted by molar-refractivity contribution is 6.30. The fourth-order valence-electron chi connectivity index (χ4n) is 1.36. The lowest BCUT2D eigenvalue weighted by Crippen LogP contribution is -2.10. The van der Waals surface area contributed by atoms with Gasteiger partial charge in [0.2, 0.25) is 0 Å². The van der Waals surface area contributed by atoms with Gasteiger partial charge >= 0.3 is 0 Å². The smallest absolute Gasteiger partial charge is 0.250 e.